The molecule has 0 unspecified atom stereocenters. The maximum absolute atomic E-state index is 11.8. The van der Waals surface area contributed by atoms with Crippen LogP contribution in [0, 0.1) is 20.8 Å². The monoisotopic (exact) mass is 326 g/mol. The van der Waals surface area contributed by atoms with Crippen molar-refractivity contribution in [2.24, 2.45) is 5.10 Å². The highest BCUT2D eigenvalue weighted by molar-refractivity contribution is 5.83. The van der Waals surface area contributed by atoms with E-state index in [-0.39, 0.29) is 12.5 Å². The summed E-state index contributed by atoms with van der Waals surface area (Å²) in [5, 5.41) is 3.95. The lowest BCUT2D eigenvalue weighted by molar-refractivity contribution is -0.123. The van der Waals surface area contributed by atoms with Crippen molar-refractivity contribution >= 4 is 12.1 Å². The topological polar surface area (TPSA) is 59.9 Å². The zero-order valence-corrected chi connectivity index (χ0v) is 14.4. The van der Waals surface area contributed by atoms with Crippen LogP contribution in [-0.4, -0.2) is 25.8 Å². The number of carbonyl (C=O) groups is 1. The number of ether oxygens (including phenoxy) is 2. The van der Waals surface area contributed by atoms with Crippen LogP contribution in [0.25, 0.3) is 0 Å². The summed E-state index contributed by atoms with van der Waals surface area (Å²) in [6.07, 6.45) is 1.59. The molecule has 1 amide bonds. The number of para-hydroxylation sites is 1. The van der Waals surface area contributed by atoms with Crippen molar-refractivity contribution in [2.45, 2.75) is 20.8 Å². The van der Waals surface area contributed by atoms with Gasteiger partial charge >= 0.3 is 0 Å². The third-order valence-corrected chi connectivity index (χ3v) is 3.58. The second kappa shape index (κ2) is 8.15. The Morgan fingerprint density at radius 1 is 1.12 bits per heavy atom. The molecule has 5 heteroatoms. The average molecular weight is 326 g/mol. The van der Waals surface area contributed by atoms with Crippen molar-refractivity contribution in [2.75, 3.05) is 13.7 Å². The highest BCUT2D eigenvalue weighted by atomic mass is 16.5. The van der Waals surface area contributed by atoms with Crippen LogP contribution in [0.2, 0.25) is 0 Å². The normalized spacial score (nSPS) is 10.7. The van der Waals surface area contributed by atoms with E-state index < -0.39 is 0 Å². The van der Waals surface area contributed by atoms with E-state index in [0.29, 0.717) is 0 Å². The number of hydrazone groups is 1. The lowest BCUT2D eigenvalue weighted by atomic mass is 10.1. The van der Waals surface area contributed by atoms with Crippen LogP contribution in [0.5, 0.6) is 11.5 Å². The summed E-state index contributed by atoms with van der Waals surface area (Å²) in [6.45, 7) is 5.77. The van der Waals surface area contributed by atoms with Gasteiger partial charge in [-0.25, -0.2) is 5.43 Å². The van der Waals surface area contributed by atoms with Crippen LogP contribution in [0.3, 0.4) is 0 Å². The summed E-state index contributed by atoms with van der Waals surface area (Å²) in [5.41, 5.74) is 6.35. The first-order valence-corrected chi connectivity index (χ1v) is 7.67. The Bertz CT molecular complexity index is 734. The van der Waals surface area contributed by atoms with Crippen molar-refractivity contribution in [3.8, 4) is 11.5 Å². The fourth-order valence-electron chi connectivity index (χ4n) is 2.36. The van der Waals surface area contributed by atoms with Crippen LogP contribution in [0.1, 0.15) is 22.3 Å². The molecule has 2 aromatic carbocycles. The maximum atomic E-state index is 11.8. The fourth-order valence-corrected chi connectivity index (χ4v) is 2.36. The molecule has 5 nitrogen and oxygen atoms in total. The summed E-state index contributed by atoms with van der Waals surface area (Å²) in [4.78, 5) is 11.8. The van der Waals surface area contributed by atoms with E-state index in [9.17, 15) is 4.79 Å². The molecule has 0 aliphatic carbocycles. The van der Waals surface area contributed by atoms with E-state index in [2.05, 4.69) is 10.5 Å². The van der Waals surface area contributed by atoms with Gasteiger partial charge in [-0.15, -0.1) is 0 Å². The number of hydrogen-bond acceptors (Lipinski definition) is 4. The SMILES string of the molecule is COc1ccc(/C=N/NC(=O)COc2c(C)cccc2C)cc1C. The predicted molar refractivity (Wildman–Crippen MR) is 94.9 cm³/mol. The molecule has 1 N–H and O–H groups in total. The van der Waals surface area contributed by atoms with Gasteiger partial charge in [0.25, 0.3) is 5.91 Å². The van der Waals surface area contributed by atoms with Gasteiger partial charge in [-0.2, -0.15) is 5.10 Å². The van der Waals surface area contributed by atoms with Crippen LogP contribution in [0.4, 0.5) is 0 Å². The van der Waals surface area contributed by atoms with Gasteiger partial charge < -0.3 is 9.47 Å². The molecule has 0 fully saturated rings. The molecule has 126 valence electrons. The van der Waals surface area contributed by atoms with Gasteiger partial charge in [0.2, 0.25) is 0 Å². The van der Waals surface area contributed by atoms with Gasteiger partial charge in [0.05, 0.1) is 13.3 Å². The molecule has 2 rings (SSSR count). The third kappa shape index (κ3) is 4.59. The molecule has 0 heterocycles. The largest absolute Gasteiger partial charge is 0.496 e. The number of benzene rings is 2. The second-order valence-electron chi connectivity index (χ2n) is 5.53. The number of methoxy groups -OCH3 is 1. The third-order valence-electron chi connectivity index (χ3n) is 3.58. The summed E-state index contributed by atoms with van der Waals surface area (Å²) in [5.74, 6) is 1.25. The van der Waals surface area contributed by atoms with E-state index in [1.807, 2.05) is 57.2 Å². The molecular formula is C19H22N2O3. The van der Waals surface area contributed by atoms with Crippen LogP contribution in [-0.2, 0) is 4.79 Å². The number of nitrogens with zero attached hydrogens (tertiary/aromatic N) is 1. The Labute approximate surface area is 142 Å². The quantitative estimate of drug-likeness (QED) is 0.655. The highest BCUT2D eigenvalue weighted by Crippen LogP contribution is 2.22. The Kier molecular flexibility index (Phi) is 5.95. The van der Waals surface area contributed by atoms with E-state index in [4.69, 9.17) is 9.47 Å². The van der Waals surface area contributed by atoms with Gasteiger partial charge in [0, 0.05) is 0 Å². The van der Waals surface area contributed by atoms with E-state index >= 15 is 0 Å². The van der Waals surface area contributed by atoms with Gasteiger partial charge in [0.15, 0.2) is 6.61 Å². The first kappa shape index (κ1) is 17.5. The molecule has 0 aliphatic rings. The molecular weight excluding hydrogens is 304 g/mol. The summed E-state index contributed by atoms with van der Waals surface area (Å²) < 4.78 is 10.8. The van der Waals surface area contributed by atoms with Crippen molar-refractivity contribution in [1.29, 1.82) is 0 Å². The van der Waals surface area contributed by atoms with Gasteiger partial charge in [-0.1, -0.05) is 18.2 Å². The highest BCUT2D eigenvalue weighted by Gasteiger charge is 2.06. The molecule has 24 heavy (non-hydrogen) atoms. The summed E-state index contributed by atoms with van der Waals surface area (Å²) >= 11 is 0. The van der Waals surface area contributed by atoms with Crippen molar-refractivity contribution in [1.82, 2.24) is 5.43 Å². The summed E-state index contributed by atoms with van der Waals surface area (Å²) in [6, 6.07) is 11.5. The Morgan fingerprint density at radius 3 is 2.46 bits per heavy atom. The minimum atomic E-state index is -0.306. The molecule has 0 saturated heterocycles. The molecule has 0 saturated carbocycles. The predicted octanol–water partition coefficient (Wildman–Crippen LogP) is 3.15. The molecule has 0 radical (unpaired) electrons. The van der Waals surface area contributed by atoms with E-state index in [1.165, 1.54) is 0 Å². The smallest absolute Gasteiger partial charge is 0.277 e. The van der Waals surface area contributed by atoms with E-state index in [1.54, 1.807) is 13.3 Å². The number of nitrogens with one attached hydrogen (secondary N) is 1. The molecule has 0 aliphatic heterocycles. The summed E-state index contributed by atoms with van der Waals surface area (Å²) in [7, 11) is 1.63. The second-order valence-corrected chi connectivity index (χ2v) is 5.53. The zero-order valence-electron chi connectivity index (χ0n) is 14.4. The maximum Gasteiger partial charge on any atom is 0.277 e. The van der Waals surface area contributed by atoms with Crippen LogP contribution < -0.4 is 14.9 Å². The Morgan fingerprint density at radius 2 is 1.83 bits per heavy atom. The van der Waals surface area contributed by atoms with Gasteiger partial charge in [-0.05, 0) is 61.2 Å². The van der Waals surface area contributed by atoms with Crippen molar-refractivity contribution < 1.29 is 14.3 Å². The standard InChI is InChI=1S/C19H22N2O3/c1-13-6-5-7-14(2)19(13)24-12-18(22)21-20-11-16-8-9-17(23-4)15(3)10-16/h5-11H,12H2,1-4H3,(H,21,22)/b20-11+. The van der Waals surface area contributed by atoms with Crippen molar-refractivity contribution in [3.05, 3.63) is 58.7 Å². The number of rotatable bonds is 6. The average Bonchev–Trinajstić information content (AvgIpc) is 2.54. The number of hydrogen-bond donors (Lipinski definition) is 1. The number of aryl methyl sites for hydroxylation is 3. The van der Waals surface area contributed by atoms with Gasteiger partial charge in [-0.3, -0.25) is 4.79 Å². The molecule has 0 atom stereocenters. The molecule has 0 bridgehead atoms. The lowest BCUT2D eigenvalue weighted by Gasteiger charge is -2.10. The minimum Gasteiger partial charge on any atom is -0.496 e. The number of carbonyl (C=O) groups excluding carboxylic acids is 1. The first-order chi connectivity index (χ1) is 11.5. The zero-order chi connectivity index (χ0) is 17.5. The number of amides is 1. The van der Waals surface area contributed by atoms with Crippen molar-refractivity contribution in [3.63, 3.8) is 0 Å². The lowest BCUT2D eigenvalue weighted by Crippen LogP contribution is -2.25. The minimum absolute atomic E-state index is 0.0787. The Hall–Kier alpha value is -2.82. The van der Waals surface area contributed by atoms with E-state index in [0.717, 1.165) is 33.8 Å². The molecule has 2 aromatic rings. The first-order valence-electron chi connectivity index (χ1n) is 7.67. The van der Waals surface area contributed by atoms with Crippen LogP contribution >= 0.6 is 0 Å². The van der Waals surface area contributed by atoms with Gasteiger partial charge in [0.1, 0.15) is 11.5 Å². The molecule has 0 aromatic heterocycles. The molecule has 0 spiro atoms. The Balaban J connectivity index is 1.88. The van der Waals surface area contributed by atoms with Crippen LogP contribution in [0.15, 0.2) is 41.5 Å². The fraction of sp³-hybridized carbons (Fsp3) is 0.263.